The van der Waals surface area contributed by atoms with Gasteiger partial charge in [-0.1, -0.05) is 0 Å². The Morgan fingerprint density at radius 3 is 2.50 bits per heavy atom. The number of fused-ring (bicyclic) bond motifs is 1. The maximum atomic E-state index is 12.7. The average Bonchev–Trinajstić information content (AvgIpc) is 2.95. The van der Waals surface area contributed by atoms with Crippen LogP contribution in [-0.2, 0) is 21.4 Å². The molecule has 2 N–H and O–H groups in total. The fraction of sp³-hybridized carbons (Fsp3) is 0.350. The molecule has 0 aliphatic rings. The molecule has 0 radical (unpaired) electrons. The number of hydrogen-bond acceptors (Lipinski definition) is 6. The molecule has 0 aliphatic carbocycles. The summed E-state index contributed by atoms with van der Waals surface area (Å²) in [4.78, 5) is 31.2. The fourth-order valence-electron chi connectivity index (χ4n) is 2.97. The molecule has 1 aromatic carbocycles. The van der Waals surface area contributed by atoms with Gasteiger partial charge in [-0.15, -0.1) is 11.3 Å². The summed E-state index contributed by atoms with van der Waals surface area (Å²) in [6.45, 7) is 7.53. The number of anilines is 1. The first-order valence-corrected chi connectivity index (χ1v) is 11.8. The molecule has 0 saturated heterocycles. The summed E-state index contributed by atoms with van der Waals surface area (Å²) in [6.07, 6.45) is 1.55. The molecule has 160 valence electrons. The number of benzene rings is 1. The third-order valence-corrected chi connectivity index (χ3v) is 7.36. The van der Waals surface area contributed by atoms with Crippen LogP contribution in [0.4, 0.5) is 5.69 Å². The normalized spacial score (nSPS) is 11.9. The average molecular weight is 449 g/mol. The van der Waals surface area contributed by atoms with Crippen LogP contribution in [0.25, 0.3) is 10.2 Å². The topological polar surface area (TPSA) is 110 Å². The molecule has 0 spiro atoms. The van der Waals surface area contributed by atoms with Crippen molar-refractivity contribution in [1.82, 2.24) is 14.3 Å². The Labute approximate surface area is 179 Å². The minimum atomic E-state index is -3.58. The van der Waals surface area contributed by atoms with Crippen LogP contribution in [0.2, 0.25) is 0 Å². The third-order valence-electron chi connectivity index (χ3n) is 4.57. The lowest BCUT2D eigenvalue weighted by atomic mass is 10.2. The van der Waals surface area contributed by atoms with Gasteiger partial charge in [0.1, 0.15) is 4.83 Å². The second kappa shape index (κ2) is 8.66. The highest BCUT2D eigenvalue weighted by molar-refractivity contribution is 7.89. The summed E-state index contributed by atoms with van der Waals surface area (Å²) >= 11 is 1.48. The highest BCUT2D eigenvalue weighted by Crippen LogP contribution is 2.25. The van der Waals surface area contributed by atoms with E-state index in [0.717, 1.165) is 10.4 Å². The Kier molecular flexibility index (Phi) is 6.39. The first-order valence-electron chi connectivity index (χ1n) is 9.46. The maximum Gasteiger partial charge on any atom is 0.262 e. The molecule has 0 atom stereocenters. The highest BCUT2D eigenvalue weighted by atomic mass is 32.2. The molecule has 2 aromatic heterocycles. The van der Waals surface area contributed by atoms with E-state index in [1.54, 1.807) is 13.8 Å². The van der Waals surface area contributed by atoms with E-state index in [2.05, 4.69) is 15.0 Å². The fourth-order valence-corrected chi connectivity index (χ4v) is 5.21. The van der Waals surface area contributed by atoms with Gasteiger partial charge in [-0.2, -0.15) is 0 Å². The van der Waals surface area contributed by atoms with Crippen molar-refractivity contribution in [3.05, 3.63) is 51.4 Å². The molecule has 2 heterocycles. The largest absolute Gasteiger partial charge is 0.326 e. The number of nitrogens with one attached hydrogen (secondary N) is 2. The summed E-state index contributed by atoms with van der Waals surface area (Å²) in [5.74, 6) is -0.281. The van der Waals surface area contributed by atoms with Crippen molar-refractivity contribution in [2.75, 3.05) is 5.32 Å². The summed E-state index contributed by atoms with van der Waals surface area (Å²) in [5, 5.41) is 3.32. The Balaban J connectivity index is 1.65. The Bertz CT molecular complexity index is 1240. The van der Waals surface area contributed by atoms with Crippen LogP contribution >= 0.6 is 11.3 Å². The van der Waals surface area contributed by atoms with Crippen LogP contribution in [0.5, 0.6) is 0 Å². The SMILES string of the molecule is Cc1sc2ncn(CCC(=O)Nc3ccc(S(=O)(=O)NC(C)C)cc3)c(=O)c2c1C. The number of rotatable bonds is 7. The van der Waals surface area contributed by atoms with E-state index in [-0.39, 0.29) is 35.4 Å². The number of nitrogens with zero attached hydrogens (tertiary/aromatic N) is 2. The molecular formula is C20H24N4O4S2. The predicted molar refractivity (Wildman–Crippen MR) is 119 cm³/mol. The number of thiophene rings is 1. The summed E-state index contributed by atoms with van der Waals surface area (Å²) in [5.41, 5.74) is 1.25. The molecule has 3 rings (SSSR count). The minimum Gasteiger partial charge on any atom is -0.326 e. The Hall–Kier alpha value is -2.56. The standard InChI is InChI=1S/C20H24N4O4S2/c1-12(2)23-30(27,28)16-7-5-15(6-8-16)22-17(25)9-10-24-11-21-19-18(20(24)26)13(3)14(4)29-19/h5-8,11-12,23H,9-10H2,1-4H3,(H,22,25). The molecular weight excluding hydrogens is 424 g/mol. The number of aromatic nitrogens is 2. The van der Waals surface area contributed by atoms with Crippen molar-refractivity contribution in [3.8, 4) is 0 Å². The van der Waals surface area contributed by atoms with Gasteiger partial charge in [0.15, 0.2) is 0 Å². The van der Waals surface area contributed by atoms with Crippen LogP contribution in [0.15, 0.2) is 40.3 Å². The van der Waals surface area contributed by atoms with E-state index < -0.39 is 10.0 Å². The van der Waals surface area contributed by atoms with Gasteiger partial charge in [0.05, 0.1) is 16.6 Å². The smallest absolute Gasteiger partial charge is 0.262 e. The Morgan fingerprint density at radius 1 is 1.20 bits per heavy atom. The zero-order valence-corrected chi connectivity index (χ0v) is 18.9. The van der Waals surface area contributed by atoms with E-state index in [1.165, 1.54) is 46.5 Å². The van der Waals surface area contributed by atoms with Crippen LogP contribution in [0, 0.1) is 13.8 Å². The number of sulfonamides is 1. The molecule has 0 fully saturated rings. The zero-order chi connectivity index (χ0) is 22.1. The summed E-state index contributed by atoms with van der Waals surface area (Å²) in [6, 6.07) is 5.72. The number of aryl methyl sites for hydroxylation is 3. The number of carbonyl (C=O) groups excluding carboxylic acids is 1. The van der Waals surface area contributed by atoms with E-state index in [0.29, 0.717) is 15.9 Å². The van der Waals surface area contributed by atoms with Crippen LogP contribution in [0.3, 0.4) is 0 Å². The van der Waals surface area contributed by atoms with Crippen LogP contribution < -0.4 is 15.6 Å². The highest BCUT2D eigenvalue weighted by Gasteiger charge is 2.16. The van der Waals surface area contributed by atoms with Gasteiger partial charge in [-0.05, 0) is 57.5 Å². The maximum absolute atomic E-state index is 12.7. The van der Waals surface area contributed by atoms with Gasteiger partial charge in [-0.3, -0.25) is 14.2 Å². The lowest BCUT2D eigenvalue weighted by molar-refractivity contribution is -0.116. The van der Waals surface area contributed by atoms with Gasteiger partial charge in [0, 0.05) is 29.6 Å². The molecule has 0 aliphatic heterocycles. The quantitative estimate of drug-likeness (QED) is 0.577. The lowest BCUT2D eigenvalue weighted by Gasteiger charge is -2.11. The van der Waals surface area contributed by atoms with Crippen LogP contribution in [0.1, 0.15) is 30.7 Å². The van der Waals surface area contributed by atoms with E-state index >= 15 is 0 Å². The van der Waals surface area contributed by atoms with Crippen molar-refractivity contribution in [1.29, 1.82) is 0 Å². The Morgan fingerprint density at radius 2 is 1.87 bits per heavy atom. The van der Waals surface area contributed by atoms with Gasteiger partial charge < -0.3 is 5.32 Å². The monoisotopic (exact) mass is 448 g/mol. The van der Waals surface area contributed by atoms with Gasteiger partial charge in [-0.25, -0.2) is 18.1 Å². The minimum absolute atomic E-state index is 0.0875. The number of amides is 1. The predicted octanol–water partition coefficient (Wildman–Crippen LogP) is 2.79. The first-order chi connectivity index (χ1) is 14.1. The molecule has 0 unspecified atom stereocenters. The van der Waals surface area contributed by atoms with Gasteiger partial charge in [0.2, 0.25) is 15.9 Å². The number of carbonyl (C=O) groups is 1. The van der Waals surface area contributed by atoms with Crippen molar-refractivity contribution >= 4 is 43.2 Å². The van der Waals surface area contributed by atoms with Crippen molar-refractivity contribution in [3.63, 3.8) is 0 Å². The van der Waals surface area contributed by atoms with Gasteiger partial charge in [0.25, 0.3) is 5.56 Å². The second-order valence-electron chi connectivity index (χ2n) is 7.31. The first kappa shape index (κ1) is 22.1. The zero-order valence-electron chi connectivity index (χ0n) is 17.2. The van der Waals surface area contributed by atoms with Crippen molar-refractivity contribution < 1.29 is 13.2 Å². The molecule has 0 saturated carbocycles. The lowest BCUT2D eigenvalue weighted by Crippen LogP contribution is -2.30. The van der Waals surface area contributed by atoms with Crippen molar-refractivity contribution in [2.24, 2.45) is 0 Å². The van der Waals surface area contributed by atoms with Gasteiger partial charge >= 0.3 is 0 Å². The second-order valence-corrected chi connectivity index (χ2v) is 10.2. The van der Waals surface area contributed by atoms with Crippen molar-refractivity contribution in [2.45, 2.75) is 51.6 Å². The molecule has 3 aromatic rings. The molecule has 30 heavy (non-hydrogen) atoms. The van der Waals surface area contributed by atoms with E-state index in [1.807, 2.05) is 13.8 Å². The van der Waals surface area contributed by atoms with E-state index in [4.69, 9.17) is 0 Å². The number of hydrogen-bond donors (Lipinski definition) is 2. The van der Waals surface area contributed by atoms with E-state index in [9.17, 15) is 18.0 Å². The third kappa shape index (κ3) is 4.77. The summed E-state index contributed by atoms with van der Waals surface area (Å²) < 4.78 is 28.2. The summed E-state index contributed by atoms with van der Waals surface area (Å²) in [7, 11) is -3.58. The molecule has 0 bridgehead atoms. The molecule has 8 nitrogen and oxygen atoms in total. The molecule has 10 heteroatoms. The molecule has 1 amide bonds. The van der Waals surface area contributed by atoms with Crippen LogP contribution in [-0.4, -0.2) is 29.9 Å².